The van der Waals surface area contributed by atoms with Crippen LogP contribution in [0.3, 0.4) is 0 Å². The summed E-state index contributed by atoms with van der Waals surface area (Å²) in [4.78, 5) is 19.2. The van der Waals surface area contributed by atoms with Crippen LogP contribution < -0.4 is 0 Å². The van der Waals surface area contributed by atoms with E-state index in [1.165, 1.54) is 51.4 Å². The van der Waals surface area contributed by atoms with Gasteiger partial charge >= 0.3 is 7.60 Å². The first-order chi connectivity index (χ1) is 14.5. The van der Waals surface area contributed by atoms with Crippen molar-refractivity contribution in [2.24, 2.45) is 0 Å². The number of hydrogen-bond acceptors (Lipinski definition) is 2. The van der Waals surface area contributed by atoms with Crippen LogP contribution in [0.25, 0.3) is 0 Å². The lowest BCUT2D eigenvalue weighted by Gasteiger charge is -2.35. The Morgan fingerprint density at radius 3 is 1.58 bits per heavy atom. The molecule has 0 saturated heterocycles. The Labute approximate surface area is 192 Å². The van der Waals surface area contributed by atoms with Crippen molar-refractivity contribution in [2.45, 2.75) is 109 Å². The quantitative estimate of drug-likeness (QED) is 0.0834. The van der Waals surface area contributed by atoms with Crippen LogP contribution in [-0.2, 0) is 4.57 Å². The summed E-state index contributed by atoms with van der Waals surface area (Å²) in [6.07, 6.45) is 25.4. The molecule has 0 heterocycles. The summed E-state index contributed by atoms with van der Waals surface area (Å²) in [5.74, 6) is 0. The fraction of sp³-hybridized carbons (Fsp3) is 0.840. The van der Waals surface area contributed by atoms with Crippen LogP contribution >= 0.6 is 7.60 Å². The standard InChI is InChI=1S/C25H50NO4P/c1-5-6-7-8-9-10-11-12-13-14-15-16-17-18-19-20-21-22-23-25(27,31(28,29)30)24-26(2,3)4/h9-10,14-15,27H,5-8,11-13,16-24H2,1-4H3,(H-,28,29,30)/p+1/b10-9-,15-14-. The summed E-state index contributed by atoms with van der Waals surface area (Å²) in [5.41, 5.74) is 0. The van der Waals surface area contributed by atoms with Crippen molar-refractivity contribution in [1.29, 1.82) is 0 Å². The number of hydrogen-bond donors (Lipinski definition) is 3. The van der Waals surface area contributed by atoms with Gasteiger partial charge < -0.3 is 19.4 Å². The molecule has 0 aliphatic heterocycles. The van der Waals surface area contributed by atoms with Crippen molar-refractivity contribution in [3.8, 4) is 0 Å². The van der Waals surface area contributed by atoms with E-state index in [-0.39, 0.29) is 13.0 Å². The lowest BCUT2D eigenvalue weighted by molar-refractivity contribution is -0.875. The highest BCUT2D eigenvalue weighted by Crippen LogP contribution is 2.52. The molecular weight excluding hydrogens is 409 g/mol. The van der Waals surface area contributed by atoms with Crippen LogP contribution in [0.15, 0.2) is 24.3 Å². The third-order valence-corrected chi connectivity index (χ3v) is 6.97. The highest BCUT2D eigenvalue weighted by Gasteiger charge is 2.48. The van der Waals surface area contributed by atoms with Crippen LogP contribution in [0, 0.1) is 0 Å². The molecule has 0 saturated carbocycles. The normalized spacial score (nSPS) is 15.2. The molecule has 6 heteroatoms. The molecule has 1 unspecified atom stereocenters. The Kier molecular flexibility index (Phi) is 16.8. The molecule has 0 aromatic rings. The van der Waals surface area contributed by atoms with E-state index in [1.807, 2.05) is 21.1 Å². The zero-order valence-electron chi connectivity index (χ0n) is 20.8. The number of quaternary nitrogens is 1. The second-order valence-corrected chi connectivity index (χ2v) is 11.9. The number of rotatable bonds is 20. The minimum Gasteiger partial charge on any atom is -0.373 e. The number of likely N-dealkylation sites (N-methyl/N-ethyl adjacent to an activating group) is 1. The molecule has 0 aliphatic rings. The largest absolute Gasteiger partial charge is 0.373 e. The molecule has 0 fully saturated rings. The summed E-state index contributed by atoms with van der Waals surface area (Å²) in [5, 5.41) is 8.61. The zero-order chi connectivity index (χ0) is 23.6. The van der Waals surface area contributed by atoms with Crippen molar-refractivity contribution in [3.05, 3.63) is 24.3 Å². The van der Waals surface area contributed by atoms with Gasteiger partial charge in [0.15, 0.2) is 0 Å². The van der Waals surface area contributed by atoms with Gasteiger partial charge in [0.05, 0.1) is 21.1 Å². The van der Waals surface area contributed by atoms with Gasteiger partial charge in [-0.25, -0.2) is 0 Å². The molecule has 0 aromatic carbocycles. The summed E-state index contributed by atoms with van der Waals surface area (Å²) >= 11 is 0. The van der Waals surface area contributed by atoms with Gasteiger partial charge in [-0.05, 0) is 57.8 Å². The fourth-order valence-electron chi connectivity index (χ4n) is 3.79. The van der Waals surface area contributed by atoms with Crippen LogP contribution in [0.2, 0.25) is 0 Å². The smallest absolute Gasteiger partial charge is 0.362 e. The molecule has 31 heavy (non-hydrogen) atoms. The van der Waals surface area contributed by atoms with Gasteiger partial charge in [-0.15, -0.1) is 0 Å². The van der Waals surface area contributed by atoms with Crippen LogP contribution in [0.5, 0.6) is 0 Å². The van der Waals surface area contributed by atoms with E-state index >= 15 is 0 Å². The Hall–Kier alpha value is -0.450. The van der Waals surface area contributed by atoms with Crippen molar-refractivity contribution in [1.82, 2.24) is 0 Å². The molecular formula is C25H51NO4P+. The van der Waals surface area contributed by atoms with Crippen molar-refractivity contribution < 1.29 is 23.9 Å². The van der Waals surface area contributed by atoms with Gasteiger partial charge in [0, 0.05) is 0 Å². The average molecular weight is 461 g/mol. The lowest BCUT2D eigenvalue weighted by Crippen LogP contribution is -2.49. The molecule has 184 valence electrons. The SMILES string of the molecule is CCCCC/C=C\CCC/C=C\CCCCCCCCC(O)(C[N+](C)(C)C)P(=O)(O)O. The second kappa shape index (κ2) is 17.1. The van der Waals surface area contributed by atoms with Gasteiger partial charge in [-0.3, -0.25) is 4.57 Å². The Morgan fingerprint density at radius 1 is 0.710 bits per heavy atom. The molecule has 0 radical (unpaired) electrons. The molecule has 0 amide bonds. The van der Waals surface area contributed by atoms with E-state index in [2.05, 4.69) is 31.2 Å². The Balaban J connectivity index is 3.70. The molecule has 0 aliphatic carbocycles. The van der Waals surface area contributed by atoms with Crippen LogP contribution in [0.4, 0.5) is 0 Å². The molecule has 3 N–H and O–H groups in total. The van der Waals surface area contributed by atoms with Gasteiger partial charge in [0.25, 0.3) is 0 Å². The first-order valence-corrected chi connectivity index (χ1v) is 14.0. The highest BCUT2D eigenvalue weighted by molar-refractivity contribution is 7.53. The van der Waals surface area contributed by atoms with E-state index < -0.39 is 12.9 Å². The van der Waals surface area contributed by atoms with E-state index in [4.69, 9.17) is 0 Å². The van der Waals surface area contributed by atoms with E-state index in [9.17, 15) is 19.5 Å². The number of unbranched alkanes of at least 4 members (excludes halogenated alkanes) is 11. The van der Waals surface area contributed by atoms with Crippen LogP contribution in [0.1, 0.15) is 103 Å². The lowest BCUT2D eigenvalue weighted by atomic mass is 10.1. The Morgan fingerprint density at radius 2 is 1.13 bits per heavy atom. The van der Waals surface area contributed by atoms with Gasteiger partial charge in [0.2, 0.25) is 5.34 Å². The molecule has 1 atom stereocenters. The predicted octanol–water partition coefficient (Wildman–Crippen LogP) is 6.54. The molecule has 0 bridgehead atoms. The summed E-state index contributed by atoms with van der Waals surface area (Å²) in [7, 11) is 0.957. The molecule has 0 aromatic heterocycles. The number of allylic oxidation sites excluding steroid dienone is 4. The minimum atomic E-state index is -4.55. The number of nitrogens with zero attached hydrogens (tertiary/aromatic N) is 1. The molecule has 0 rings (SSSR count). The van der Waals surface area contributed by atoms with Crippen molar-refractivity contribution in [2.75, 3.05) is 27.7 Å². The molecule has 0 spiro atoms. The van der Waals surface area contributed by atoms with Crippen molar-refractivity contribution >= 4 is 7.60 Å². The maximum absolute atomic E-state index is 11.8. The van der Waals surface area contributed by atoms with Gasteiger partial charge in [-0.1, -0.05) is 69.8 Å². The van der Waals surface area contributed by atoms with E-state index in [1.54, 1.807) is 0 Å². The maximum Gasteiger partial charge on any atom is 0.362 e. The third kappa shape index (κ3) is 17.7. The zero-order valence-corrected chi connectivity index (χ0v) is 21.7. The van der Waals surface area contributed by atoms with Crippen molar-refractivity contribution in [3.63, 3.8) is 0 Å². The monoisotopic (exact) mass is 460 g/mol. The van der Waals surface area contributed by atoms with E-state index in [0.29, 0.717) is 10.9 Å². The summed E-state index contributed by atoms with van der Waals surface area (Å²) in [6.45, 7) is 2.29. The maximum atomic E-state index is 11.8. The third-order valence-electron chi connectivity index (χ3n) is 5.52. The van der Waals surface area contributed by atoms with E-state index in [0.717, 1.165) is 32.1 Å². The summed E-state index contributed by atoms with van der Waals surface area (Å²) in [6, 6.07) is 0. The number of aliphatic hydroxyl groups is 1. The Bertz CT molecular complexity index is 536. The first-order valence-electron chi connectivity index (χ1n) is 12.4. The highest BCUT2D eigenvalue weighted by atomic mass is 31.2. The summed E-state index contributed by atoms with van der Waals surface area (Å²) < 4.78 is 12.1. The van der Waals surface area contributed by atoms with Gasteiger partial charge in [0.1, 0.15) is 6.54 Å². The fourth-order valence-corrected chi connectivity index (χ4v) is 4.85. The average Bonchev–Trinajstić information content (AvgIpc) is 2.65. The molecule has 5 nitrogen and oxygen atoms in total. The topological polar surface area (TPSA) is 77.8 Å². The minimum absolute atomic E-state index is 0.0544. The van der Waals surface area contributed by atoms with Gasteiger partial charge in [-0.2, -0.15) is 0 Å². The second-order valence-electron chi connectivity index (χ2n) is 10.0. The first kappa shape index (κ1) is 30.6. The predicted molar refractivity (Wildman–Crippen MR) is 133 cm³/mol. The van der Waals surface area contributed by atoms with Crippen LogP contribution in [-0.4, -0.2) is 52.4 Å².